The van der Waals surface area contributed by atoms with Gasteiger partial charge in [-0.25, -0.2) is 0 Å². The average molecular weight is 614 g/mol. The first-order valence-corrected chi connectivity index (χ1v) is 13.6. The van der Waals surface area contributed by atoms with Crippen molar-refractivity contribution in [3.05, 3.63) is 0 Å². The van der Waals surface area contributed by atoms with E-state index in [1.807, 2.05) is 0 Å². The van der Waals surface area contributed by atoms with Gasteiger partial charge in [-0.05, 0) is 13.8 Å². The molecule has 3 saturated heterocycles. The summed E-state index contributed by atoms with van der Waals surface area (Å²) >= 11 is 0. The van der Waals surface area contributed by atoms with E-state index in [0.29, 0.717) is 0 Å². The Labute approximate surface area is 241 Å². The largest absolute Gasteiger partial charge is 0.394 e. The fraction of sp³-hybridized carbons (Fsp3) is 0.917. The van der Waals surface area contributed by atoms with Crippen molar-refractivity contribution in [2.45, 2.75) is 113 Å². The maximum Gasteiger partial charge on any atom is 0.246 e. The zero-order chi connectivity index (χ0) is 31.3. The Morgan fingerprint density at radius 1 is 0.786 bits per heavy atom. The van der Waals surface area contributed by atoms with Gasteiger partial charge in [-0.1, -0.05) is 0 Å². The van der Waals surface area contributed by atoms with Gasteiger partial charge in [0, 0.05) is 20.0 Å². The Hall–Kier alpha value is -1.62. The molecule has 0 bridgehead atoms. The van der Waals surface area contributed by atoms with E-state index in [2.05, 4.69) is 10.6 Å². The molecule has 0 aromatic carbocycles. The van der Waals surface area contributed by atoms with Crippen molar-refractivity contribution < 1.29 is 73.8 Å². The van der Waals surface area contributed by atoms with Gasteiger partial charge in [0.25, 0.3) is 0 Å². The summed E-state index contributed by atoms with van der Waals surface area (Å²) in [6, 6.07) is -1.31. The summed E-state index contributed by atoms with van der Waals surface area (Å²) in [5, 5.41) is 77.9. The molecular weight excluding hydrogens is 570 g/mol. The van der Waals surface area contributed by atoms with E-state index in [0.717, 1.165) is 0 Å². The van der Waals surface area contributed by atoms with E-state index in [-0.39, 0.29) is 13.1 Å². The lowest BCUT2D eigenvalue weighted by Crippen LogP contribution is -2.68. The van der Waals surface area contributed by atoms with Crippen molar-refractivity contribution in [1.29, 1.82) is 0 Å². The SMILES string of the molecule is CC(=O)NC1C(OCC(=O)NCCN)OC(CO)C(O)C1OC1OC(C)C(O)C(O)C1OC1OC(C)C(O)C(O)C1O. The maximum atomic E-state index is 12.1. The van der Waals surface area contributed by atoms with Crippen LogP contribution in [0.25, 0.3) is 0 Å². The molecule has 11 N–H and O–H groups in total. The molecule has 3 aliphatic rings. The molecule has 15 unspecified atom stereocenters. The molecule has 2 amide bonds. The van der Waals surface area contributed by atoms with Crippen LogP contribution in [0.2, 0.25) is 0 Å². The number of amides is 2. The van der Waals surface area contributed by atoms with Gasteiger partial charge in [0.2, 0.25) is 11.8 Å². The van der Waals surface area contributed by atoms with E-state index in [1.54, 1.807) is 0 Å². The minimum absolute atomic E-state index is 0.174. The quantitative estimate of drug-likeness (QED) is 0.104. The summed E-state index contributed by atoms with van der Waals surface area (Å²) in [7, 11) is 0. The third kappa shape index (κ3) is 8.10. The smallest absolute Gasteiger partial charge is 0.246 e. The first kappa shape index (κ1) is 34.9. The molecule has 0 saturated carbocycles. The highest BCUT2D eigenvalue weighted by Crippen LogP contribution is 2.33. The molecule has 18 nitrogen and oxygen atoms in total. The van der Waals surface area contributed by atoms with Crippen molar-refractivity contribution >= 4 is 11.8 Å². The molecule has 3 heterocycles. The lowest BCUT2D eigenvalue weighted by Gasteiger charge is -2.49. The zero-order valence-corrected chi connectivity index (χ0v) is 23.5. The molecule has 244 valence electrons. The summed E-state index contributed by atoms with van der Waals surface area (Å²) in [6.07, 6.45) is -20.9. The molecule has 0 aromatic heterocycles. The molecule has 0 spiro atoms. The Balaban J connectivity index is 1.87. The number of aliphatic hydroxyl groups excluding tert-OH is 7. The van der Waals surface area contributed by atoms with Gasteiger partial charge < -0.3 is 80.5 Å². The Morgan fingerprint density at radius 2 is 1.38 bits per heavy atom. The highest BCUT2D eigenvalue weighted by atomic mass is 16.8. The fourth-order valence-electron chi connectivity index (χ4n) is 4.87. The Morgan fingerprint density at radius 3 is 1.98 bits per heavy atom. The van der Waals surface area contributed by atoms with Crippen LogP contribution in [0, 0.1) is 0 Å². The topological polar surface area (TPSA) is 281 Å². The van der Waals surface area contributed by atoms with Gasteiger partial charge >= 0.3 is 0 Å². The molecular formula is C24H43N3O15. The number of hydrogen-bond acceptors (Lipinski definition) is 16. The third-order valence-corrected chi connectivity index (χ3v) is 7.24. The lowest BCUT2D eigenvalue weighted by atomic mass is 9.95. The normalized spacial score (nSPS) is 44.4. The van der Waals surface area contributed by atoms with Crippen molar-refractivity contribution in [3.8, 4) is 0 Å². The summed E-state index contributed by atoms with van der Waals surface area (Å²) in [5.74, 6) is -1.16. The number of carbonyl (C=O) groups excluding carboxylic acids is 2. The summed E-state index contributed by atoms with van der Waals surface area (Å²) in [5.41, 5.74) is 5.38. The molecule has 18 heteroatoms. The van der Waals surface area contributed by atoms with Crippen LogP contribution in [0.5, 0.6) is 0 Å². The van der Waals surface area contributed by atoms with Crippen LogP contribution in [0.3, 0.4) is 0 Å². The first-order valence-electron chi connectivity index (χ1n) is 13.6. The number of ether oxygens (including phenoxy) is 6. The maximum absolute atomic E-state index is 12.1. The highest BCUT2D eigenvalue weighted by molar-refractivity contribution is 5.77. The minimum atomic E-state index is -1.77. The molecule has 3 rings (SSSR count). The van der Waals surface area contributed by atoms with Gasteiger partial charge in [-0.2, -0.15) is 0 Å². The fourth-order valence-corrected chi connectivity index (χ4v) is 4.87. The number of rotatable bonds is 11. The molecule has 0 radical (unpaired) electrons. The van der Waals surface area contributed by atoms with Gasteiger partial charge in [0.05, 0.1) is 18.8 Å². The molecule has 42 heavy (non-hydrogen) atoms. The van der Waals surface area contributed by atoms with E-state index < -0.39 is 117 Å². The second-order valence-corrected chi connectivity index (χ2v) is 10.5. The number of nitrogens with one attached hydrogen (secondary N) is 2. The van der Waals surface area contributed by atoms with Crippen LogP contribution in [-0.4, -0.2) is 166 Å². The van der Waals surface area contributed by atoms with Crippen LogP contribution in [0.1, 0.15) is 20.8 Å². The van der Waals surface area contributed by atoms with Crippen molar-refractivity contribution in [3.63, 3.8) is 0 Å². The second-order valence-electron chi connectivity index (χ2n) is 10.5. The lowest BCUT2D eigenvalue weighted by molar-refractivity contribution is -0.378. The summed E-state index contributed by atoms with van der Waals surface area (Å²) in [4.78, 5) is 24.2. The molecule has 0 aromatic rings. The van der Waals surface area contributed by atoms with Gasteiger partial charge in [-0.3, -0.25) is 9.59 Å². The first-order chi connectivity index (χ1) is 19.8. The third-order valence-electron chi connectivity index (χ3n) is 7.24. The Kier molecular flexibility index (Phi) is 12.8. The predicted octanol–water partition coefficient (Wildman–Crippen LogP) is -6.27. The van der Waals surface area contributed by atoms with E-state index >= 15 is 0 Å². The van der Waals surface area contributed by atoms with Crippen LogP contribution in [-0.2, 0) is 38.0 Å². The monoisotopic (exact) mass is 613 g/mol. The minimum Gasteiger partial charge on any atom is -0.394 e. The average Bonchev–Trinajstić information content (AvgIpc) is 2.95. The molecule has 3 fully saturated rings. The number of aliphatic hydroxyl groups is 7. The van der Waals surface area contributed by atoms with Crippen LogP contribution < -0.4 is 16.4 Å². The van der Waals surface area contributed by atoms with Crippen LogP contribution >= 0.6 is 0 Å². The van der Waals surface area contributed by atoms with E-state index in [4.69, 9.17) is 34.2 Å². The molecule has 15 atom stereocenters. The van der Waals surface area contributed by atoms with Crippen LogP contribution in [0.4, 0.5) is 0 Å². The number of nitrogens with two attached hydrogens (primary N) is 1. The van der Waals surface area contributed by atoms with E-state index in [9.17, 15) is 45.3 Å². The Bertz CT molecular complexity index is 888. The number of hydrogen-bond donors (Lipinski definition) is 10. The van der Waals surface area contributed by atoms with Crippen molar-refractivity contribution in [1.82, 2.24) is 10.6 Å². The second kappa shape index (κ2) is 15.4. The zero-order valence-electron chi connectivity index (χ0n) is 23.5. The predicted molar refractivity (Wildman–Crippen MR) is 136 cm³/mol. The standard InChI is InChI=1S/C24H43N3O15/c1-8-14(31)17(34)19(36)23(38-8)42-21-18(35)15(32)9(2)39-24(21)41-20-13(27-10(3)29)22(40-11(6-28)16(20)33)37-7-12(30)26-5-4-25/h8-9,11,13-24,28,31-36H,4-7,25H2,1-3H3,(H,26,30)(H,27,29). The summed E-state index contributed by atoms with van der Waals surface area (Å²) < 4.78 is 34.1. The van der Waals surface area contributed by atoms with Gasteiger partial charge in [0.15, 0.2) is 18.9 Å². The van der Waals surface area contributed by atoms with Crippen molar-refractivity contribution in [2.24, 2.45) is 5.73 Å². The molecule has 0 aliphatic carbocycles. The van der Waals surface area contributed by atoms with E-state index in [1.165, 1.54) is 20.8 Å². The number of carbonyl (C=O) groups is 2. The summed E-state index contributed by atoms with van der Waals surface area (Å²) in [6.45, 7) is 3.09. The van der Waals surface area contributed by atoms with Crippen LogP contribution in [0.15, 0.2) is 0 Å². The molecule has 3 aliphatic heterocycles. The van der Waals surface area contributed by atoms with Gasteiger partial charge in [0.1, 0.15) is 67.6 Å². The highest BCUT2D eigenvalue weighted by Gasteiger charge is 2.53. The van der Waals surface area contributed by atoms with Gasteiger partial charge in [-0.15, -0.1) is 0 Å². The van der Waals surface area contributed by atoms with Crippen molar-refractivity contribution in [2.75, 3.05) is 26.3 Å².